The quantitative estimate of drug-likeness (QED) is 0.227. The van der Waals surface area contributed by atoms with E-state index >= 15 is 0 Å². The molecule has 0 fully saturated rings. The lowest BCUT2D eigenvalue weighted by atomic mass is 10.1. The van der Waals surface area contributed by atoms with Crippen LogP contribution < -0.4 is 48.2 Å². The normalized spacial score (nSPS) is 15.2. The van der Waals surface area contributed by atoms with Gasteiger partial charge in [0.05, 0.1) is 17.1 Å². The van der Waals surface area contributed by atoms with Crippen LogP contribution in [0.15, 0.2) is 74.8 Å². The summed E-state index contributed by atoms with van der Waals surface area (Å²) in [5.74, 6) is 0.754. The smallest absolute Gasteiger partial charge is 0.377 e. The summed E-state index contributed by atoms with van der Waals surface area (Å²) >= 11 is 3.19. The van der Waals surface area contributed by atoms with Gasteiger partial charge in [-0.2, -0.15) is 4.57 Å². The van der Waals surface area contributed by atoms with Gasteiger partial charge >= 0.3 is 5.89 Å². The lowest BCUT2D eigenvalue weighted by Gasteiger charge is -2.11. The van der Waals surface area contributed by atoms with Gasteiger partial charge in [-0.3, -0.25) is 9.36 Å². The van der Waals surface area contributed by atoms with E-state index < -0.39 is 0 Å². The molecule has 178 valence electrons. The van der Waals surface area contributed by atoms with Gasteiger partial charge in [-0.25, -0.2) is 0 Å². The highest BCUT2D eigenvalue weighted by atomic mass is 127. The summed E-state index contributed by atoms with van der Waals surface area (Å²) in [6.45, 7) is 5.51. The standard InChI is InChI=1S/C27H24N3O2S2.HI/c1-4-29-22(32-20-15-14-17-10-6-7-11-18(17)24(20)29)16-23-30(5-2)26(31)25(34-23)27-28(3)19-12-8-9-13-21(19)33-27;/h6-16H,4-5H2,1-3H3;1H/q+1;/p-1/b27-25-;. The molecular weight excluding hydrogens is 589 g/mol. The molecule has 0 saturated carbocycles. The Morgan fingerprint density at radius 3 is 2.57 bits per heavy atom. The Kier molecular flexibility index (Phi) is 6.54. The van der Waals surface area contributed by atoms with Crippen molar-refractivity contribution in [2.24, 2.45) is 0 Å². The van der Waals surface area contributed by atoms with Gasteiger partial charge in [0.25, 0.3) is 11.1 Å². The maximum atomic E-state index is 13.5. The van der Waals surface area contributed by atoms with E-state index in [4.69, 9.17) is 4.42 Å². The monoisotopic (exact) mass is 613 g/mol. The number of para-hydroxylation sites is 1. The Morgan fingerprint density at radius 1 is 1.03 bits per heavy atom. The largest absolute Gasteiger partial charge is 1.00 e. The average Bonchev–Trinajstić information content (AvgIpc) is 3.49. The van der Waals surface area contributed by atoms with E-state index in [-0.39, 0.29) is 29.5 Å². The van der Waals surface area contributed by atoms with Crippen molar-refractivity contribution in [2.45, 2.75) is 31.8 Å². The van der Waals surface area contributed by atoms with Crippen molar-refractivity contribution in [2.75, 3.05) is 11.9 Å². The van der Waals surface area contributed by atoms with Crippen molar-refractivity contribution in [1.82, 2.24) is 4.57 Å². The number of thioether (sulfide) groups is 1. The number of rotatable bonds is 3. The van der Waals surface area contributed by atoms with E-state index in [1.54, 1.807) is 11.8 Å². The highest BCUT2D eigenvalue weighted by molar-refractivity contribution is 8.08. The van der Waals surface area contributed by atoms with Gasteiger partial charge in [0.1, 0.15) is 20.8 Å². The molecule has 3 heterocycles. The van der Waals surface area contributed by atoms with Gasteiger partial charge in [0.15, 0.2) is 0 Å². The molecule has 8 heteroatoms. The third kappa shape index (κ3) is 3.82. The topological polar surface area (TPSA) is 42.3 Å². The molecule has 0 atom stereocenters. The van der Waals surface area contributed by atoms with Gasteiger partial charge in [-0.1, -0.05) is 48.2 Å². The first-order chi connectivity index (χ1) is 16.6. The molecule has 0 aliphatic carbocycles. The van der Waals surface area contributed by atoms with E-state index in [2.05, 4.69) is 58.9 Å². The van der Waals surface area contributed by atoms with Crippen molar-refractivity contribution < 1.29 is 33.0 Å². The van der Waals surface area contributed by atoms with E-state index in [1.807, 2.05) is 42.8 Å². The zero-order valence-corrected chi connectivity index (χ0v) is 23.4. The Bertz CT molecular complexity index is 1770. The number of thiazole rings is 1. The number of halogens is 1. The summed E-state index contributed by atoms with van der Waals surface area (Å²) in [7, 11) is 2.03. The first-order valence-corrected chi connectivity index (χ1v) is 13.0. The summed E-state index contributed by atoms with van der Waals surface area (Å²) in [4.78, 5) is 16.7. The zero-order chi connectivity index (χ0) is 23.4. The van der Waals surface area contributed by atoms with Crippen molar-refractivity contribution >= 4 is 61.8 Å². The van der Waals surface area contributed by atoms with Crippen LogP contribution in [0.25, 0.3) is 33.0 Å². The van der Waals surface area contributed by atoms with E-state index in [0.717, 1.165) is 43.4 Å². The van der Waals surface area contributed by atoms with Crippen LogP contribution in [0.1, 0.15) is 19.7 Å². The molecule has 0 radical (unpaired) electrons. The van der Waals surface area contributed by atoms with E-state index in [1.165, 1.54) is 27.0 Å². The van der Waals surface area contributed by atoms with Crippen LogP contribution in [-0.4, -0.2) is 11.6 Å². The molecule has 5 nitrogen and oxygen atoms in total. The summed E-state index contributed by atoms with van der Waals surface area (Å²) in [6, 6.07) is 20.8. The molecule has 2 aromatic heterocycles. The van der Waals surface area contributed by atoms with Crippen LogP contribution in [0.4, 0.5) is 5.69 Å². The number of fused-ring (bicyclic) bond motifs is 4. The second-order valence-electron chi connectivity index (χ2n) is 8.22. The molecule has 0 bridgehead atoms. The molecule has 1 aliphatic heterocycles. The Morgan fingerprint density at radius 2 is 1.80 bits per heavy atom. The molecule has 0 unspecified atom stereocenters. The molecule has 1 aliphatic rings. The second kappa shape index (κ2) is 9.48. The number of benzene rings is 3. The molecule has 0 spiro atoms. The SMILES string of the molecule is CCn1c(=O)/c(=C2/Sc3ccccc3N2C)s/c1=C/c1oc2ccc3ccccc3c2[n+]1CC.[I-]. The van der Waals surface area contributed by atoms with Crippen LogP contribution in [0, 0.1) is 0 Å². The second-order valence-corrected chi connectivity index (χ2v) is 10.3. The maximum absolute atomic E-state index is 13.5. The van der Waals surface area contributed by atoms with Crippen LogP contribution in [-0.2, 0) is 13.1 Å². The first-order valence-electron chi connectivity index (χ1n) is 11.4. The highest BCUT2D eigenvalue weighted by Crippen LogP contribution is 2.44. The summed E-state index contributed by atoms with van der Waals surface area (Å²) in [6.07, 6.45) is 2.02. The lowest BCUT2D eigenvalue weighted by molar-refractivity contribution is -0.673. The summed E-state index contributed by atoms with van der Waals surface area (Å²) in [5.41, 5.74) is 3.12. The Hall–Kier alpha value is -2.56. The minimum Gasteiger partial charge on any atom is -1.00 e. The number of anilines is 1. The van der Waals surface area contributed by atoms with Crippen molar-refractivity contribution in [1.29, 1.82) is 0 Å². The number of aromatic nitrogens is 2. The van der Waals surface area contributed by atoms with Crippen LogP contribution in [0.2, 0.25) is 0 Å². The zero-order valence-electron chi connectivity index (χ0n) is 19.6. The van der Waals surface area contributed by atoms with E-state index in [9.17, 15) is 4.79 Å². The van der Waals surface area contributed by atoms with Crippen molar-refractivity contribution in [3.05, 3.63) is 86.1 Å². The Balaban J connectivity index is 0.00000253. The molecule has 0 N–H and O–H groups in total. The predicted molar refractivity (Wildman–Crippen MR) is 141 cm³/mol. The highest BCUT2D eigenvalue weighted by Gasteiger charge is 2.25. The molecule has 3 aromatic carbocycles. The van der Waals surface area contributed by atoms with Gasteiger partial charge in [-0.15, -0.1) is 11.3 Å². The van der Waals surface area contributed by atoms with Crippen LogP contribution >= 0.6 is 23.1 Å². The fraction of sp³-hybridized carbons (Fsp3) is 0.185. The molecular formula is C27H24IN3O2S2. The maximum Gasteiger partial charge on any atom is 0.377 e. The molecule has 0 saturated heterocycles. The molecule has 35 heavy (non-hydrogen) atoms. The van der Waals surface area contributed by atoms with Gasteiger partial charge in [0.2, 0.25) is 5.58 Å². The van der Waals surface area contributed by atoms with Gasteiger partial charge in [0, 0.05) is 18.5 Å². The van der Waals surface area contributed by atoms with Gasteiger partial charge in [-0.05, 0) is 43.5 Å². The predicted octanol–water partition coefficient (Wildman–Crippen LogP) is 1.28. The van der Waals surface area contributed by atoms with Crippen LogP contribution in [0.5, 0.6) is 0 Å². The minimum atomic E-state index is 0. The Labute approximate surface area is 228 Å². The first kappa shape index (κ1) is 24.1. The summed E-state index contributed by atoms with van der Waals surface area (Å²) in [5, 5.41) is 3.34. The van der Waals surface area contributed by atoms with Crippen molar-refractivity contribution in [3.8, 4) is 0 Å². The third-order valence-corrected chi connectivity index (χ3v) is 8.82. The average molecular weight is 614 g/mol. The van der Waals surface area contributed by atoms with Crippen LogP contribution in [0.3, 0.4) is 0 Å². The molecule has 0 amide bonds. The fourth-order valence-corrected chi connectivity index (χ4v) is 7.11. The minimum absolute atomic E-state index is 0. The number of nitrogens with zero attached hydrogens (tertiary/aromatic N) is 3. The number of hydrogen-bond acceptors (Lipinski definition) is 5. The fourth-order valence-electron chi connectivity index (χ4n) is 4.67. The third-order valence-electron chi connectivity index (χ3n) is 6.34. The summed E-state index contributed by atoms with van der Waals surface area (Å²) < 4.78 is 12.0. The lowest BCUT2D eigenvalue weighted by Crippen LogP contribution is -3.00. The molecule has 6 rings (SSSR count). The van der Waals surface area contributed by atoms with Crippen molar-refractivity contribution in [3.63, 3.8) is 0 Å². The number of hydrogen-bond donors (Lipinski definition) is 0. The van der Waals surface area contributed by atoms with E-state index in [0.29, 0.717) is 6.54 Å². The van der Waals surface area contributed by atoms with Gasteiger partial charge < -0.3 is 33.3 Å². The number of aryl methyl sites for hydroxylation is 1. The number of oxazole rings is 1. The molecule has 5 aromatic rings.